The fraction of sp³-hybridized carbons (Fsp3) is 0.0667. The molecule has 0 spiro atoms. The van der Waals surface area contributed by atoms with E-state index in [0.717, 1.165) is 0 Å². The molecule has 0 amide bonds. The molecule has 2 rings (SSSR count). The van der Waals surface area contributed by atoms with Crippen molar-refractivity contribution >= 4 is 52.2 Å². The van der Waals surface area contributed by atoms with Crippen LogP contribution in [0.4, 0.5) is 0 Å². The lowest BCUT2D eigenvalue weighted by molar-refractivity contribution is 0.0979. The molecular weight excluding hydrogens is 352 g/mol. The maximum atomic E-state index is 12.5. The molecule has 0 aromatic heterocycles. The number of halogens is 4. The van der Waals surface area contributed by atoms with Crippen molar-refractivity contribution in [1.29, 1.82) is 5.26 Å². The van der Waals surface area contributed by atoms with E-state index in [0.29, 0.717) is 20.6 Å². The molecule has 6 heteroatoms. The van der Waals surface area contributed by atoms with Crippen LogP contribution in [0.2, 0.25) is 20.1 Å². The second kappa shape index (κ2) is 6.68. The van der Waals surface area contributed by atoms with Crippen LogP contribution in [0.25, 0.3) is 0 Å². The Hall–Kier alpha value is -1.24. The zero-order valence-electron chi connectivity index (χ0n) is 10.4. The molecule has 2 nitrogen and oxygen atoms in total. The average molecular weight is 359 g/mol. The molecule has 0 aliphatic carbocycles. The molecule has 0 heterocycles. The van der Waals surface area contributed by atoms with Gasteiger partial charge in [-0.1, -0.05) is 52.5 Å². The van der Waals surface area contributed by atoms with Gasteiger partial charge >= 0.3 is 0 Å². The molecule has 1 unspecified atom stereocenters. The van der Waals surface area contributed by atoms with E-state index >= 15 is 0 Å². The number of carbonyl (C=O) groups excluding carboxylic acids is 1. The zero-order chi connectivity index (χ0) is 15.6. The van der Waals surface area contributed by atoms with E-state index in [4.69, 9.17) is 46.4 Å². The van der Waals surface area contributed by atoms with Gasteiger partial charge in [0.2, 0.25) is 0 Å². The fourth-order valence-electron chi connectivity index (χ4n) is 1.84. The lowest BCUT2D eigenvalue weighted by Gasteiger charge is -2.10. The van der Waals surface area contributed by atoms with Crippen LogP contribution in [0.15, 0.2) is 36.4 Å². The Balaban J connectivity index is 2.43. The largest absolute Gasteiger partial charge is 0.292 e. The highest BCUT2D eigenvalue weighted by atomic mass is 35.5. The van der Waals surface area contributed by atoms with Gasteiger partial charge in [0.1, 0.15) is 5.92 Å². The van der Waals surface area contributed by atoms with Gasteiger partial charge in [-0.15, -0.1) is 0 Å². The third-order valence-electron chi connectivity index (χ3n) is 2.82. The second-order valence-corrected chi connectivity index (χ2v) is 5.95. The average Bonchev–Trinajstić information content (AvgIpc) is 2.42. The summed E-state index contributed by atoms with van der Waals surface area (Å²) in [5.74, 6) is -1.41. The molecular formula is C15H7Cl4NO. The highest BCUT2D eigenvalue weighted by molar-refractivity contribution is 6.42. The van der Waals surface area contributed by atoms with Crippen LogP contribution >= 0.6 is 46.4 Å². The van der Waals surface area contributed by atoms with Crippen LogP contribution in [0.1, 0.15) is 21.8 Å². The minimum absolute atomic E-state index is 0.269. The van der Waals surface area contributed by atoms with E-state index in [2.05, 4.69) is 0 Å². The molecule has 0 saturated heterocycles. The summed E-state index contributed by atoms with van der Waals surface area (Å²) in [6.07, 6.45) is 0. The van der Waals surface area contributed by atoms with Gasteiger partial charge in [0, 0.05) is 15.6 Å². The summed E-state index contributed by atoms with van der Waals surface area (Å²) < 4.78 is 0. The highest BCUT2D eigenvalue weighted by Crippen LogP contribution is 2.29. The Labute approximate surface area is 141 Å². The first-order valence-electron chi connectivity index (χ1n) is 5.77. The Bertz CT molecular complexity index is 732. The van der Waals surface area contributed by atoms with Crippen molar-refractivity contribution in [3.05, 3.63) is 67.6 Å². The number of Topliss-reactive ketones (excluding diaryl/α,β-unsaturated/α-hetero) is 1. The third kappa shape index (κ3) is 3.70. The summed E-state index contributed by atoms with van der Waals surface area (Å²) in [6, 6.07) is 11.1. The Morgan fingerprint density at radius 3 is 2.10 bits per heavy atom. The van der Waals surface area contributed by atoms with E-state index in [1.165, 1.54) is 24.3 Å². The predicted octanol–water partition coefficient (Wildman–Crippen LogP) is 5.79. The molecule has 2 aromatic rings. The zero-order valence-corrected chi connectivity index (χ0v) is 13.4. The van der Waals surface area contributed by atoms with Gasteiger partial charge in [0.25, 0.3) is 0 Å². The molecule has 1 atom stereocenters. The molecule has 0 fully saturated rings. The molecule has 0 aliphatic heterocycles. The van der Waals surface area contributed by atoms with Crippen LogP contribution in [0, 0.1) is 11.3 Å². The van der Waals surface area contributed by atoms with Crippen LogP contribution in [-0.2, 0) is 0 Å². The molecule has 0 aliphatic rings. The molecule has 2 aromatic carbocycles. The highest BCUT2D eigenvalue weighted by Gasteiger charge is 2.23. The smallest absolute Gasteiger partial charge is 0.184 e. The number of carbonyl (C=O) groups is 1. The van der Waals surface area contributed by atoms with Crippen molar-refractivity contribution in [3.63, 3.8) is 0 Å². The number of benzene rings is 2. The number of hydrogen-bond acceptors (Lipinski definition) is 2. The van der Waals surface area contributed by atoms with E-state index in [1.807, 2.05) is 6.07 Å². The number of nitrogens with zero attached hydrogens (tertiary/aromatic N) is 1. The number of nitriles is 1. The summed E-state index contributed by atoms with van der Waals surface area (Å²) in [7, 11) is 0. The van der Waals surface area contributed by atoms with Crippen LogP contribution < -0.4 is 0 Å². The van der Waals surface area contributed by atoms with Crippen LogP contribution in [0.5, 0.6) is 0 Å². The van der Waals surface area contributed by atoms with Crippen molar-refractivity contribution in [3.8, 4) is 6.07 Å². The molecule has 106 valence electrons. The SMILES string of the molecule is N#CC(C(=O)c1cc(Cl)cc(Cl)c1)c1ccc(Cl)c(Cl)c1. The molecule has 0 N–H and O–H groups in total. The second-order valence-electron chi connectivity index (χ2n) is 4.26. The van der Waals surface area contributed by atoms with Crippen molar-refractivity contribution in [2.75, 3.05) is 0 Å². The van der Waals surface area contributed by atoms with E-state index in [-0.39, 0.29) is 10.6 Å². The van der Waals surface area contributed by atoms with E-state index in [9.17, 15) is 10.1 Å². The molecule has 0 bridgehead atoms. The molecule has 21 heavy (non-hydrogen) atoms. The lowest BCUT2D eigenvalue weighted by Crippen LogP contribution is -2.11. The predicted molar refractivity (Wildman–Crippen MR) is 85.6 cm³/mol. The van der Waals surface area contributed by atoms with Crippen LogP contribution in [0.3, 0.4) is 0 Å². The maximum absolute atomic E-state index is 12.5. The summed E-state index contributed by atoms with van der Waals surface area (Å²) in [5.41, 5.74) is 0.734. The third-order valence-corrected chi connectivity index (χ3v) is 3.99. The fourth-order valence-corrected chi connectivity index (χ4v) is 2.67. The Morgan fingerprint density at radius 2 is 1.57 bits per heavy atom. The minimum atomic E-state index is -1.01. The topological polar surface area (TPSA) is 40.9 Å². The van der Waals surface area contributed by atoms with Crippen molar-refractivity contribution in [2.24, 2.45) is 0 Å². The van der Waals surface area contributed by atoms with E-state index < -0.39 is 11.7 Å². The first kappa shape index (κ1) is 16.1. The summed E-state index contributed by atoms with van der Waals surface area (Å²) >= 11 is 23.5. The monoisotopic (exact) mass is 357 g/mol. The quantitative estimate of drug-likeness (QED) is 0.651. The standard InChI is InChI=1S/C15H7Cl4NO/c16-10-3-9(4-11(17)6-10)15(21)12(7-20)8-1-2-13(18)14(19)5-8/h1-6,12H. The van der Waals surface area contributed by atoms with Crippen LogP contribution in [-0.4, -0.2) is 5.78 Å². The van der Waals surface area contributed by atoms with Gasteiger partial charge < -0.3 is 0 Å². The summed E-state index contributed by atoms with van der Waals surface area (Å²) in [5, 5.41) is 10.6. The Morgan fingerprint density at radius 1 is 0.952 bits per heavy atom. The van der Waals surface area contributed by atoms with Crippen molar-refractivity contribution < 1.29 is 4.79 Å². The number of rotatable bonds is 3. The van der Waals surface area contributed by atoms with E-state index in [1.54, 1.807) is 12.1 Å². The van der Waals surface area contributed by atoms with Crippen molar-refractivity contribution in [2.45, 2.75) is 5.92 Å². The van der Waals surface area contributed by atoms with Gasteiger partial charge in [-0.05, 0) is 35.9 Å². The lowest BCUT2D eigenvalue weighted by atomic mass is 9.92. The number of hydrogen-bond donors (Lipinski definition) is 0. The first-order valence-corrected chi connectivity index (χ1v) is 7.28. The summed E-state index contributed by atoms with van der Waals surface area (Å²) in [6.45, 7) is 0. The molecule has 0 saturated carbocycles. The normalized spacial score (nSPS) is 11.8. The van der Waals surface area contributed by atoms with Gasteiger partial charge in [-0.25, -0.2) is 0 Å². The van der Waals surface area contributed by atoms with Gasteiger partial charge in [-0.2, -0.15) is 5.26 Å². The maximum Gasteiger partial charge on any atom is 0.184 e. The Kier molecular flexibility index (Phi) is 5.13. The first-order chi connectivity index (χ1) is 9.92. The number of ketones is 1. The van der Waals surface area contributed by atoms with Crippen molar-refractivity contribution in [1.82, 2.24) is 0 Å². The van der Waals surface area contributed by atoms with Gasteiger partial charge in [-0.3, -0.25) is 4.79 Å². The molecule has 0 radical (unpaired) electrons. The van der Waals surface area contributed by atoms with Gasteiger partial charge in [0.05, 0.1) is 16.1 Å². The van der Waals surface area contributed by atoms with Gasteiger partial charge in [0.15, 0.2) is 5.78 Å². The summed E-state index contributed by atoms with van der Waals surface area (Å²) in [4.78, 5) is 12.5. The minimum Gasteiger partial charge on any atom is -0.292 e.